The molecule has 1 aliphatic rings. The number of pyridine rings is 1. The van der Waals surface area contributed by atoms with Gasteiger partial charge in [0.05, 0.1) is 0 Å². The SMILES string of the molecule is CC(=O)NC1CCN(c2cc(C(C)=O)ccn2)C1. The van der Waals surface area contributed by atoms with Gasteiger partial charge in [0, 0.05) is 37.8 Å². The minimum Gasteiger partial charge on any atom is -0.354 e. The van der Waals surface area contributed by atoms with Crippen LogP contribution in [0.5, 0.6) is 0 Å². The van der Waals surface area contributed by atoms with Gasteiger partial charge in [0.1, 0.15) is 5.82 Å². The molecule has 1 fully saturated rings. The van der Waals surface area contributed by atoms with Crippen LogP contribution in [0.4, 0.5) is 5.82 Å². The zero-order valence-corrected chi connectivity index (χ0v) is 10.6. The predicted octanol–water partition coefficient (Wildman–Crippen LogP) is 0.999. The molecule has 1 aromatic heterocycles. The van der Waals surface area contributed by atoms with E-state index in [1.165, 1.54) is 6.92 Å². The van der Waals surface area contributed by atoms with Gasteiger partial charge < -0.3 is 10.2 Å². The molecule has 1 aromatic rings. The van der Waals surface area contributed by atoms with Crippen LogP contribution in [0.25, 0.3) is 0 Å². The lowest BCUT2D eigenvalue weighted by molar-refractivity contribution is -0.119. The summed E-state index contributed by atoms with van der Waals surface area (Å²) in [5, 5.41) is 2.90. The van der Waals surface area contributed by atoms with Crippen molar-refractivity contribution in [1.29, 1.82) is 0 Å². The minimum absolute atomic E-state index is 0.00713. The number of nitrogens with zero attached hydrogens (tertiary/aromatic N) is 2. The molecule has 0 radical (unpaired) electrons. The van der Waals surface area contributed by atoms with Crippen LogP contribution in [0.2, 0.25) is 0 Å². The first-order valence-corrected chi connectivity index (χ1v) is 6.05. The first-order valence-electron chi connectivity index (χ1n) is 6.05. The molecule has 0 spiro atoms. The molecule has 96 valence electrons. The molecule has 5 heteroatoms. The molecule has 1 N–H and O–H groups in total. The molecule has 2 heterocycles. The van der Waals surface area contributed by atoms with Gasteiger partial charge in [-0.3, -0.25) is 9.59 Å². The van der Waals surface area contributed by atoms with Crippen LogP contribution >= 0.6 is 0 Å². The van der Waals surface area contributed by atoms with E-state index in [2.05, 4.69) is 15.2 Å². The summed E-state index contributed by atoms with van der Waals surface area (Å²) in [5.74, 6) is 0.833. The molecular formula is C13H17N3O2. The fourth-order valence-corrected chi connectivity index (χ4v) is 2.18. The van der Waals surface area contributed by atoms with Crippen LogP contribution in [0.1, 0.15) is 30.6 Å². The number of ketones is 1. The number of aromatic nitrogens is 1. The number of rotatable bonds is 3. The molecule has 5 nitrogen and oxygen atoms in total. The topological polar surface area (TPSA) is 62.3 Å². The Morgan fingerprint density at radius 1 is 1.44 bits per heavy atom. The van der Waals surface area contributed by atoms with Crippen molar-refractivity contribution >= 4 is 17.5 Å². The van der Waals surface area contributed by atoms with Gasteiger partial charge in [-0.25, -0.2) is 4.98 Å². The van der Waals surface area contributed by atoms with Gasteiger partial charge in [-0.15, -0.1) is 0 Å². The summed E-state index contributed by atoms with van der Waals surface area (Å²) in [7, 11) is 0. The smallest absolute Gasteiger partial charge is 0.217 e. The Hall–Kier alpha value is -1.91. The number of Topliss-reactive ketones (excluding diaryl/α,β-unsaturated/α-hetero) is 1. The van der Waals surface area contributed by atoms with Crippen molar-refractivity contribution in [3.8, 4) is 0 Å². The maximum absolute atomic E-state index is 11.3. The number of amides is 1. The number of nitrogens with one attached hydrogen (secondary N) is 1. The first-order chi connectivity index (χ1) is 8.56. The van der Waals surface area contributed by atoms with Crippen LogP contribution in [0, 0.1) is 0 Å². The summed E-state index contributed by atoms with van der Waals surface area (Å²) in [6.07, 6.45) is 2.56. The van der Waals surface area contributed by atoms with Crippen molar-refractivity contribution in [3.63, 3.8) is 0 Å². The number of carbonyl (C=O) groups excluding carboxylic acids is 2. The van der Waals surface area contributed by atoms with E-state index < -0.39 is 0 Å². The van der Waals surface area contributed by atoms with E-state index in [4.69, 9.17) is 0 Å². The molecule has 0 bridgehead atoms. The number of hydrogen-bond donors (Lipinski definition) is 1. The quantitative estimate of drug-likeness (QED) is 0.809. The summed E-state index contributed by atoms with van der Waals surface area (Å²) in [6.45, 7) is 4.66. The summed E-state index contributed by atoms with van der Waals surface area (Å²) in [6, 6.07) is 3.69. The third-order valence-electron chi connectivity index (χ3n) is 3.07. The molecule has 1 unspecified atom stereocenters. The van der Waals surface area contributed by atoms with Gasteiger partial charge in [-0.05, 0) is 25.5 Å². The second kappa shape index (κ2) is 5.16. The third kappa shape index (κ3) is 2.85. The zero-order chi connectivity index (χ0) is 13.1. The van der Waals surface area contributed by atoms with Crippen molar-refractivity contribution < 1.29 is 9.59 Å². The largest absolute Gasteiger partial charge is 0.354 e. The van der Waals surface area contributed by atoms with Crippen molar-refractivity contribution in [2.45, 2.75) is 26.3 Å². The Bertz CT molecular complexity index is 473. The third-order valence-corrected chi connectivity index (χ3v) is 3.07. The van der Waals surface area contributed by atoms with Gasteiger partial charge in [0.2, 0.25) is 5.91 Å². The fraction of sp³-hybridized carbons (Fsp3) is 0.462. The molecule has 0 saturated carbocycles. The molecule has 0 aromatic carbocycles. The van der Waals surface area contributed by atoms with Gasteiger partial charge in [0.15, 0.2) is 5.78 Å². The molecule has 1 amide bonds. The monoisotopic (exact) mass is 247 g/mol. The van der Waals surface area contributed by atoms with Gasteiger partial charge in [-0.1, -0.05) is 0 Å². The van der Waals surface area contributed by atoms with Crippen LogP contribution in [0.3, 0.4) is 0 Å². The lowest BCUT2D eigenvalue weighted by Gasteiger charge is -2.18. The maximum Gasteiger partial charge on any atom is 0.217 e. The van der Waals surface area contributed by atoms with Crippen LogP contribution in [-0.4, -0.2) is 35.8 Å². The average molecular weight is 247 g/mol. The zero-order valence-electron chi connectivity index (χ0n) is 10.6. The van der Waals surface area contributed by atoms with E-state index in [1.807, 2.05) is 0 Å². The minimum atomic E-state index is -0.00713. The highest BCUT2D eigenvalue weighted by atomic mass is 16.1. The standard InChI is InChI=1S/C13H17N3O2/c1-9(17)11-3-5-14-13(7-11)16-6-4-12(8-16)15-10(2)18/h3,5,7,12H,4,6,8H2,1-2H3,(H,15,18). The van der Waals surface area contributed by atoms with Crippen molar-refractivity contribution in [2.24, 2.45) is 0 Å². The van der Waals surface area contributed by atoms with Gasteiger partial charge in [0.25, 0.3) is 0 Å². The summed E-state index contributed by atoms with van der Waals surface area (Å²) in [4.78, 5) is 28.7. The molecule has 1 aliphatic heterocycles. The van der Waals surface area contributed by atoms with E-state index in [-0.39, 0.29) is 17.7 Å². The Morgan fingerprint density at radius 3 is 2.89 bits per heavy atom. The summed E-state index contributed by atoms with van der Waals surface area (Å²) < 4.78 is 0. The second-order valence-electron chi connectivity index (χ2n) is 4.59. The Balaban J connectivity index is 2.07. The fourth-order valence-electron chi connectivity index (χ4n) is 2.18. The van der Waals surface area contributed by atoms with E-state index in [1.54, 1.807) is 25.3 Å². The number of anilines is 1. The van der Waals surface area contributed by atoms with Crippen molar-refractivity contribution in [3.05, 3.63) is 23.9 Å². The highest BCUT2D eigenvalue weighted by molar-refractivity contribution is 5.94. The molecule has 2 rings (SSSR count). The Morgan fingerprint density at radius 2 is 2.22 bits per heavy atom. The van der Waals surface area contributed by atoms with Crippen LogP contribution < -0.4 is 10.2 Å². The van der Waals surface area contributed by atoms with Crippen molar-refractivity contribution in [2.75, 3.05) is 18.0 Å². The molecule has 18 heavy (non-hydrogen) atoms. The molecular weight excluding hydrogens is 230 g/mol. The highest BCUT2D eigenvalue weighted by Crippen LogP contribution is 2.19. The van der Waals surface area contributed by atoms with E-state index in [0.717, 1.165) is 25.3 Å². The van der Waals surface area contributed by atoms with Crippen molar-refractivity contribution in [1.82, 2.24) is 10.3 Å². The average Bonchev–Trinajstić information content (AvgIpc) is 2.77. The van der Waals surface area contributed by atoms with E-state index in [0.29, 0.717) is 5.56 Å². The highest BCUT2D eigenvalue weighted by Gasteiger charge is 2.24. The number of carbonyl (C=O) groups is 2. The maximum atomic E-state index is 11.3. The van der Waals surface area contributed by atoms with E-state index >= 15 is 0 Å². The van der Waals surface area contributed by atoms with E-state index in [9.17, 15) is 9.59 Å². The lowest BCUT2D eigenvalue weighted by atomic mass is 10.2. The second-order valence-corrected chi connectivity index (χ2v) is 4.59. The summed E-state index contributed by atoms with van der Waals surface area (Å²) >= 11 is 0. The van der Waals surface area contributed by atoms with Gasteiger partial charge in [-0.2, -0.15) is 0 Å². The number of hydrogen-bond acceptors (Lipinski definition) is 4. The molecule has 0 aliphatic carbocycles. The van der Waals surface area contributed by atoms with Crippen LogP contribution in [0.15, 0.2) is 18.3 Å². The molecule has 1 atom stereocenters. The normalized spacial score (nSPS) is 18.8. The Kier molecular flexibility index (Phi) is 3.60. The Labute approximate surface area is 106 Å². The lowest BCUT2D eigenvalue weighted by Crippen LogP contribution is -2.35. The van der Waals surface area contributed by atoms with Crippen LogP contribution in [-0.2, 0) is 4.79 Å². The predicted molar refractivity (Wildman–Crippen MR) is 68.7 cm³/mol. The first kappa shape index (κ1) is 12.5. The molecule has 1 saturated heterocycles. The van der Waals surface area contributed by atoms with Gasteiger partial charge >= 0.3 is 0 Å². The summed E-state index contributed by atoms with van der Waals surface area (Å²) in [5.41, 5.74) is 0.669.